The first-order valence-electron chi connectivity index (χ1n) is 7.72. The minimum absolute atomic E-state index is 0.173. The lowest BCUT2D eigenvalue weighted by atomic mass is 9.92. The Bertz CT molecular complexity index is 410. The first kappa shape index (κ1) is 13.1. The Morgan fingerprint density at radius 3 is 2.26 bits per heavy atom. The molecule has 2 heteroatoms. The minimum Gasteiger partial charge on any atom is -0.329 e. The lowest BCUT2D eigenvalue weighted by molar-refractivity contribution is 0.115. The summed E-state index contributed by atoms with van der Waals surface area (Å²) in [6.45, 7) is 2.00. The van der Waals surface area contributed by atoms with Gasteiger partial charge in [-0.1, -0.05) is 37.1 Å². The summed E-state index contributed by atoms with van der Waals surface area (Å²) >= 11 is 0. The van der Waals surface area contributed by atoms with E-state index in [9.17, 15) is 0 Å². The van der Waals surface area contributed by atoms with Crippen LogP contribution in [0.2, 0.25) is 0 Å². The highest BCUT2D eigenvalue weighted by atomic mass is 15.2. The highest BCUT2D eigenvalue weighted by molar-refractivity contribution is 5.36. The lowest BCUT2D eigenvalue weighted by Gasteiger charge is -2.39. The molecule has 104 valence electrons. The number of hydrogen-bond donors (Lipinski definition) is 1. The van der Waals surface area contributed by atoms with Crippen molar-refractivity contribution in [1.29, 1.82) is 0 Å². The van der Waals surface area contributed by atoms with Crippen LogP contribution in [0.15, 0.2) is 24.3 Å². The lowest BCUT2D eigenvalue weighted by Crippen LogP contribution is -2.54. The number of fused-ring (bicyclic) bond motifs is 1. The Balaban J connectivity index is 1.74. The summed E-state index contributed by atoms with van der Waals surface area (Å²) in [5.41, 5.74) is 9.37. The molecular weight excluding hydrogens is 232 g/mol. The van der Waals surface area contributed by atoms with Crippen LogP contribution in [-0.2, 0) is 12.8 Å². The molecule has 1 aromatic carbocycles. The monoisotopic (exact) mass is 258 g/mol. The van der Waals surface area contributed by atoms with Gasteiger partial charge in [0.25, 0.3) is 0 Å². The Morgan fingerprint density at radius 1 is 1.16 bits per heavy atom. The third-order valence-electron chi connectivity index (χ3n) is 5.35. The fraction of sp³-hybridized carbons (Fsp3) is 0.647. The average molecular weight is 258 g/mol. The molecule has 0 atom stereocenters. The van der Waals surface area contributed by atoms with Gasteiger partial charge in [-0.25, -0.2) is 0 Å². The normalized spacial score (nSPS) is 22.1. The van der Waals surface area contributed by atoms with Crippen LogP contribution in [0.3, 0.4) is 0 Å². The van der Waals surface area contributed by atoms with Crippen molar-refractivity contribution >= 4 is 0 Å². The molecule has 0 radical (unpaired) electrons. The number of nitrogens with two attached hydrogens (primary N) is 1. The fourth-order valence-corrected chi connectivity index (χ4v) is 4.02. The summed E-state index contributed by atoms with van der Waals surface area (Å²) < 4.78 is 0. The largest absolute Gasteiger partial charge is 0.329 e. The zero-order chi connectivity index (χ0) is 13.3. The number of nitrogens with zero attached hydrogens (tertiary/aromatic N) is 1. The molecule has 3 rings (SSSR count). The van der Waals surface area contributed by atoms with E-state index in [1.165, 1.54) is 43.4 Å². The second-order valence-corrected chi connectivity index (χ2v) is 6.58. The molecule has 0 heterocycles. The molecule has 0 saturated heterocycles. The van der Waals surface area contributed by atoms with Crippen LogP contribution >= 0.6 is 0 Å². The molecule has 19 heavy (non-hydrogen) atoms. The molecule has 1 aromatic rings. The predicted octanol–water partition coefficient (Wildman–Crippen LogP) is 2.60. The second kappa shape index (κ2) is 5.26. The summed E-state index contributed by atoms with van der Waals surface area (Å²) in [5.74, 6) is 0.900. The van der Waals surface area contributed by atoms with E-state index < -0.39 is 0 Å². The summed E-state index contributed by atoms with van der Waals surface area (Å²) in [6, 6.07) is 8.86. The topological polar surface area (TPSA) is 29.3 Å². The van der Waals surface area contributed by atoms with Gasteiger partial charge in [-0.15, -0.1) is 0 Å². The number of rotatable bonds is 4. The van der Waals surface area contributed by atoms with Crippen LogP contribution in [0.4, 0.5) is 0 Å². The maximum atomic E-state index is 6.18. The van der Waals surface area contributed by atoms with Crippen molar-refractivity contribution in [2.45, 2.75) is 44.1 Å². The molecule has 1 fully saturated rings. The van der Waals surface area contributed by atoms with Gasteiger partial charge in [-0.05, 0) is 49.8 Å². The highest BCUT2D eigenvalue weighted by Gasteiger charge is 2.40. The van der Waals surface area contributed by atoms with Gasteiger partial charge in [0.15, 0.2) is 0 Å². The molecule has 0 amide bonds. The first-order valence-corrected chi connectivity index (χ1v) is 7.72. The fourth-order valence-electron chi connectivity index (χ4n) is 4.02. The van der Waals surface area contributed by atoms with E-state index in [0.29, 0.717) is 0 Å². The van der Waals surface area contributed by atoms with Gasteiger partial charge < -0.3 is 5.73 Å². The van der Waals surface area contributed by atoms with Crippen molar-refractivity contribution in [3.8, 4) is 0 Å². The Kier molecular flexibility index (Phi) is 3.64. The molecule has 2 nitrogen and oxygen atoms in total. The van der Waals surface area contributed by atoms with Crippen molar-refractivity contribution in [3.63, 3.8) is 0 Å². The van der Waals surface area contributed by atoms with E-state index in [2.05, 4.69) is 36.2 Å². The molecule has 0 spiro atoms. The minimum atomic E-state index is 0.173. The molecule has 0 unspecified atom stereocenters. The zero-order valence-electron chi connectivity index (χ0n) is 12.1. The van der Waals surface area contributed by atoms with E-state index in [1.807, 2.05) is 0 Å². The number of likely N-dealkylation sites (N-methyl/N-ethyl adjacent to an activating group) is 1. The van der Waals surface area contributed by atoms with Gasteiger partial charge in [0, 0.05) is 18.6 Å². The Labute approximate surface area is 117 Å². The van der Waals surface area contributed by atoms with Crippen LogP contribution in [0.5, 0.6) is 0 Å². The predicted molar refractivity (Wildman–Crippen MR) is 80.2 cm³/mol. The average Bonchev–Trinajstić information content (AvgIpc) is 3.05. The molecule has 2 N–H and O–H groups in total. The zero-order valence-corrected chi connectivity index (χ0v) is 12.1. The van der Waals surface area contributed by atoms with E-state index in [4.69, 9.17) is 5.73 Å². The molecule has 0 aliphatic heterocycles. The van der Waals surface area contributed by atoms with Gasteiger partial charge >= 0.3 is 0 Å². The number of hydrogen-bond acceptors (Lipinski definition) is 2. The van der Waals surface area contributed by atoms with Crippen LogP contribution < -0.4 is 5.73 Å². The Morgan fingerprint density at radius 2 is 1.74 bits per heavy atom. The van der Waals surface area contributed by atoms with Crippen molar-refractivity contribution in [3.05, 3.63) is 35.4 Å². The molecule has 0 aromatic heterocycles. The van der Waals surface area contributed by atoms with Crippen molar-refractivity contribution in [1.82, 2.24) is 4.90 Å². The van der Waals surface area contributed by atoms with Crippen molar-refractivity contribution < 1.29 is 0 Å². The van der Waals surface area contributed by atoms with Crippen LogP contribution in [0.1, 0.15) is 36.8 Å². The van der Waals surface area contributed by atoms with Gasteiger partial charge in [0.05, 0.1) is 0 Å². The van der Waals surface area contributed by atoms with E-state index in [-0.39, 0.29) is 5.54 Å². The SMILES string of the molecule is CN(CC1CCCC1)C1(CN)Cc2ccccc2C1. The van der Waals surface area contributed by atoms with Crippen LogP contribution in [-0.4, -0.2) is 30.6 Å². The summed E-state index contributed by atoms with van der Waals surface area (Å²) in [6.07, 6.45) is 7.93. The van der Waals surface area contributed by atoms with Crippen LogP contribution in [0.25, 0.3) is 0 Å². The smallest absolute Gasteiger partial charge is 0.0409 e. The molecule has 1 saturated carbocycles. The highest BCUT2D eigenvalue weighted by Crippen LogP contribution is 2.35. The standard InChI is InChI=1S/C17H26N2/c1-19(12-14-6-2-3-7-14)17(13-18)10-15-8-4-5-9-16(15)11-17/h4-5,8-9,14H,2-3,6-7,10-13,18H2,1H3. The molecule has 0 bridgehead atoms. The number of benzene rings is 1. The van der Waals surface area contributed by atoms with E-state index in [0.717, 1.165) is 25.3 Å². The van der Waals surface area contributed by atoms with Gasteiger partial charge in [0.2, 0.25) is 0 Å². The summed E-state index contributed by atoms with van der Waals surface area (Å²) in [7, 11) is 2.29. The van der Waals surface area contributed by atoms with Crippen molar-refractivity contribution in [2.24, 2.45) is 11.7 Å². The van der Waals surface area contributed by atoms with Crippen LogP contribution in [0, 0.1) is 5.92 Å². The quantitative estimate of drug-likeness (QED) is 0.899. The molecule has 2 aliphatic carbocycles. The summed E-state index contributed by atoms with van der Waals surface area (Å²) in [4.78, 5) is 2.57. The van der Waals surface area contributed by atoms with E-state index >= 15 is 0 Å². The van der Waals surface area contributed by atoms with Gasteiger partial charge in [-0.2, -0.15) is 0 Å². The van der Waals surface area contributed by atoms with E-state index in [1.54, 1.807) is 0 Å². The second-order valence-electron chi connectivity index (χ2n) is 6.58. The molecule has 2 aliphatic rings. The third-order valence-corrected chi connectivity index (χ3v) is 5.35. The Hall–Kier alpha value is -0.860. The maximum absolute atomic E-state index is 6.18. The van der Waals surface area contributed by atoms with Crippen molar-refractivity contribution in [2.75, 3.05) is 20.1 Å². The van der Waals surface area contributed by atoms with Gasteiger partial charge in [0.1, 0.15) is 0 Å². The summed E-state index contributed by atoms with van der Waals surface area (Å²) in [5, 5.41) is 0. The van der Waals surface area contributed by atoms with Gasteiger partial charge in [-0.3, -0.25) is 4.90 Å². The molecular formula is C17H26N2. The maximum Gasteiger partial charge on any atom is 0.0409 e. The third kappa shape index (κ3) is 2.44. The first-order chi connectivity index (χ1) is 9.23.